The molecule has 0 bridgehead atoms. The molecule has 0 aliphatic carbocycles. The van der Waals surface area contributed by atoms with Crippen LogP contribution in [0.1, 0.15) is 0 Å². The molecule has 0 aliphatic rings. The molecule has 0 saturated heterocycles. The molecule has 0 fully saturated rings. The van der Waals surface area contributed by atoms with Crippen molar-refractivity contribution in [3.8, 4) is 17.2 Å². The minimum Gasteiger partial charge on any atom is -0.497 e. The fourth-order valence-corrected chi connectivity index (χ4v) is 2.20. The van der Waals surface area contributed by atoms with Crippen molar-refractivity contribution in [2.75, 3.05) is 44.6 Å². The van der Waals surface area contributed by atoms with E-state index in [4.69, 9.17) is 19.3 Å². The van der Waals surface area contributed by atoms with E-state index < -0.39 is 5.82 Å². The van der Waals surface area contributed by atoms with Gasteiger partial charge in [-0.15, -0.1) is 0 Å². The van der Waals surface area contributed by atoms with Gasteiger partial charge in [0, 0.05) is 12.1 Å². The van der Waals surface area contributed by atoms with E-state index in [1.165, 1.54) is 32.4 Å². The van der Waals surface area contributed by atoms with Gasteiger partial charge in [0.25, 0.3) is 0 Å². The molecule has 8 heteroatoms. The number of ether oxygens (including phenoxy) is 3. The van der Waals surface area contributed by atoms with Gasteiger partial charge < -0.3 is 30.0 Å². The van der Waals surface area contributed by atoms with E-state index in [1.807, 2.05) is 0 Å². The number of amides is 1. The smallest absolute Gasteiger partial charge is 0.243 e. The SMILES string of the molecule is COc1ccc(OC)c(NC(=O)CNc2ccc(F)cc2OCCO)c1. The number of rotatable bonds is 9. The molecule has 0 radical (unpaired) electrons. The van der Waals surface area contributed by atoms with Gasteiger partial charge in [-0.05, 0) is 24.3 Å². The highest BCUT2D eigenvalue weighted by Gasteiger charge is 2.11. The minimum atomic E-state index is -0.478. The number of halogens is 1. The van der Waals surface area contributed by atoms with Gasteiger partial charge in [-0.1, -0.05) is 0 Å². The van der Waals surface area contributed by atoms with E-state index >= 15 is 0 Å². The summed E-state index contributed by atoms with van der Waals surface area (Å²) in [5.74, 6) is 0.467. The van der Waals surface area contributed by atoms with Gasteiger partial charge in [0.15, 0.2) is 0 Å². The van der Waals surface area contributed by atoms with Gasteiger partial charge in [0.1, 0.15) is 29.7 Å². The minimum absolute atomic E-state index is 0.0192. The third-order valence-electron chi connectivity index (χ3n) is 3.41. The Morgan fingerprint density at radius 2 is 1.88 bits per heavy atom. The molecule has 3 N–H and O–H groups in total. The molecule has 0 heterocycles. The van der Waals surface area contributed by atoms with Crippen molar-refractivity contribution in [3.05, 3.63) is 42.2 Å². The Kier molecular flexibility index (Phi) is 7.04. The van der Waals surface area contributed by atoms with Gasteiger partial charge in [-0.25, -0.2) is 4.39 Å². The van der Waals surface area contributed by atoms with Crippen molar-refractivity contribution in [2.45, 2.75) is 0 Å². The molecule has 140 valence electrons. The normalized spacial score (nSPS) is 10.2. The maximum Gasteiger partial charge on any atom is 0.243 e. The van der Waals surface area contributed by atoms with Crippen LogP contribution in [0.3, 0.4) is 0 Å². The zero-order valence-electron chi connectivity index (χ0n) is 14.5. The molecule has 26 heavy (non-hydrogen) atoms. The predicted molar refractivity (Wildman–Crippen MR) is 95.6 cm³/mol. The van der Waals surface area contributed by atoms with Crippen molar-refractivity contribution >= 4 is 17.3 Å². The number of aliphatic hydroxyl groups is 1. The summed E-state index contributed by atoms with van der Waals surface area (Å²) in [4.78, 5) is 12.2. The number of anilines is 2. The number of hydrogen-bond donors (Lipinski definition) is 3. The van der Waals surface area contributed by atoms with Crippen molar-refractivity contribution in [1.29, 1.82) is 0 Å². The number of aliphatic hydroxyl groups excluding tert-OH is 1. The first-order chi connectivity index (χ1) is 12.6. The summed E-state index contributed by atoms with van der Waals surface area (Å²) in [6.07, 6.45) is 0. The Morgan fingerprint density at radius 1 is 1.08 bits per heavy atom. The molecule has 2 rings (SSSR count). The molecule has 2 aromatic carbocycles. The van der Waals surface area contributed by atoms with Crippen LogP contribution < -0.4 is 24.8 Å². The predicted octanol–water partition coefficient (Wildman–Crippen LogP) is 2.26. The molecular formula is C18H21FN2O5. The number of carbonyl (C=O) groups excluding carboxylic acids is 1. The monoisotopic (exact) mass is 364 g/mol. The van der Waals surface area contributed by atoms with E-state index in [0.29, 0.717) is 22.9 Å². The lowest BCUT2D eigenvalue weighted by Gasteiger charge is -2.14. The summed E-state index contributed by atoms with van der Waals surface area (Å²) in [7, 11) is 3.02. The summed E-state index contributed by atoms with van der Waals surface area (Å²) < 4.78 is 28.9. The van der Waals surface area contributed by atoms with Gasteiger partial charge >= 0.3 is 0 Å². The number of hydrogen-bond acceptors (Lipinski definition) is 6. The Bertz CT molecular complexity index is 754. The molecule has 1 amide bonds. The summed E-state index contributed by atoms with van der Waals surface area (Å²) in [6.45, 7) is -0.265. The topological polar surface area (TPSA) is 89.1 Å². The summed E-state index contributed by atoms with van der Waals surface area (Å²) in [5, 5.41) is 14.4. The maximum atomic E-state index is 13.3. The van der Waals surface area contributed by atoms with Crippen molar-refractivity contribution in [3.63, 3.8) is 0 Å². The van der Waals surface area contributed by atoms with Crippen molar-refractivity contribution in [2.24, 2.45) is 0 Å². The van der Waals surface area contributed by atoms with Crippen LogP contribution in [0, 0.1) is 5.82 Å². The fraction of sp³-hybridized carbons (Fsp3) is 0.278. The summed E-state index contributed by atoms with van der Waals surface area (Å²) in [5.41, 5.74) is 0.905. The van der Waals surface area contributed by atoms with E-state index in [1.54, 1.807) is 18.2 Å². The molecular weight excluding hydrogens is 343 g/mol. The largest absolute Gasteiger partial charge is 0.497 e. The first-order valence-corrected chi connectivity index (χ1v) is 7.86. The highest BCUT2D eigenvalue weighted by Crippen LogP contribution is 2.29. The third-order valence-corrected chi connectivity index (χ3v) is 3.41. The van der Waals surface area contributed by atoms with Gasteiger partial charge in [-0.2, -0.15) is 0 Å². The van der Waals surface area contributed by atoms with Gasteiger partial charge in [-0.3, -0.25) is 4.79 Å². The quantitative estimate of drug-likeness (QED) is 0.633. The average molecular weight is 364 g/mol. The van der Waals surface area contributed by atoms with Crippen LogP contribution in [0.4, 0.5) is 15.8 Å². The van der Waals surface area contributed by atoms with Crippen LogP contribution in [0.25, 0.3) is 0 Å². The summed E-state index contributed by atoms with van der Waals surface area (Å²) in [6, 6.07) is 8.93. The van der Waals surface area contributed by atoms with E-state index in [2.05, 4.69) is 10.6 Å². The number of methoxy groups -OCH3 is 2. The van der Waals surface area contributed by atoms with Crippen LogP contribution >= 0.6 is 0 Å². The number of carbonyl (C=O) groups is 1. The third kappa shape index (κ3) is 5.25. The molecule has 0 aromatic heterocycles. The molecule has 0 atom stereocenters. The number of nitrogens with one attached hydrogen (secondary N) is 2. The van der Waals surface area contributed by atoms with E-state index in [0.717, 1.165) is 0 Å². The van der Waals surface area contributed by atoms with Crippen molar-refractivity contribution in [1.82, 2.24) is 0 Å². The van der Waals surface area contributed by atoms with Gasteiger partial charge in [0.05, 0.1) is 38.7 Å². The zero-order valence-corrected chi connectivity index (χ0v) is 14.5. The fourth-order valence-electron chi connectivity index (χ4n) is 2.20. The molecule has 0 saturated carbocycles. The standard InChI is InChI=1S/C18H21FN2O5/c1-24-13-4-6-16(25-2)15(10-13)21-18(23)11-20-14-5-3-12(19)9-17(14)26-8-7-22/h3-6,9-10,20,22H,7-8,11H2,1-2H3,(H,21,23). The van der Waals surface area contributed by atoms with Crippen LogP contribution in [0.2, 0.25) is 0 Å². The maximum absolute atomic E-state index is 13.3. The Hall–Kier alpha value is -3.00. The molecule has 0 spiro atoms. The van der Waals surface area contributed by atoms with Crippen LogP contribution in [0.15, 0.2) is 36.4 Å². The van der Waals surface area contributed by atoms with Crippen LogP contribution in [-0.4, -0.2) is 45.0 Å². The second kappa shape index (κ2) is 9.47. The second-order valence-corrected chi connectivity index (χ2v) is 5.18. The summed E-state index contributed by atoms with van der Waals surface area (Å²) >= 11 is 0. The Labute approximate surface area is 150 Å². The lowest BCUT2D eigenvalue weighted by Crippen LogP contribution is -2.22. The molecule has 7 nitrogen and oxygen atoms in total. The van der Waals surface area contributed by atoms with Gasteiger partial charge in [0.2, 0.25) is 5.91 Å². The Morgan fingerprint density at radius 3 is 2.58 bits per heavy atom. The zero-order chi connectivity index (χ0) is 18.9. The average Bonchev–Trinajstić information content (AvgIpc) is 2.65. The lowest BCUT2D eigenvalue weighted by molar-refractivity contribution is -0.114. The number of benzene rings is 2. The van der Waals surface area contributed by atoms with Crippen LogP contribution in [-0.2, 0) is 4.79 Å². The lowest BCUT2D eigenvalue weighted by atomic mass is 10.2. The highest BCUT2D eigenvalue weighted by molar-refractivity contribution is 5.95. The highest BCUT2D eigenvalue weighted by atomic mass is 19.1. The van der Waals surface area contributed by atoms with Crippen molar-refractivity contribution < 1.29 is 28.5 Å². The van der Waals surface area contributed by atoms with E-state index in [9.17, 15) is 9.18 Å². The molecule has 2 aromatic rings. The second-order valence-electron chi connectivity index (χ2n) is 5.18. The Balaban J connectivity index is 2.03. The van der Waals surface area contributed by atoms with Crippen LogP contribution in [0.5, 0.6) is 17.2 Å². The molecule has 0 aliphatic heterocycles. The molecule has 0 unspecified atom stereocenters. The first kappa shape index (κ1) is 19.3. The van der Waals surface area contributed by atoms with E-state index in [-0.39, 0.29) is 31.4 Å². The first-order valence-electron chi connectivity index (χ1n) is 7.86.